The normalized spacial score (nSPS) is 10.3. The fourth-order valence-corrected chi connectivity index (χ4v) is 1.96. The van der Waals surface area contributed by atoms with E-state index in [1.54, 1.807) is 7.11 Å². The van der Waals surface area contributed by atoms with Gasteiger partial charge in [-0.3, -0.25) is 0 Å². The molecule has 0 atom stereocenters. The van der Waals surface area contributed by atoms with Crippen molar-refractivity contribution in [3.8, 4) is 0 Å². The summed E-state index contributed by atoms with van der Waals surface area (Å²) in [5.74, 6) is 0. The maximum atomic E-state index is 5.85. The standard InChI is InChI=1S/C15H18N2O/c1-11-7-13(16)9-14(8-11)17-15-6-4-3-5-12(15)10-18-2/h3-9,17H,10,16H2,1-2H3. The van der Waals surface area contributed by atoms with E-state index in [1.807, 2.05) is 43.3 Å². The van der Waals surface area contributed by atoms with Crippen LogP contribution in [0.15, 0.2) is 42.5 Å². The molecule has 3 N–H and O–H groups in total. The third-order valence-electron chi connectivity index (χ3n) is 2.70. The summed E-state index contributed by atoms with van der Waals surface area (Å²) in [6.45, 7) is 2.62. The molecule has 0 unspecified atom stereocenters. The summed E-state index contributed by atoms with van der Waals surface area (Å²) < 4.78 is 5.19. The molecule has 2 rings (SSSR count). The highest BCUT2D eigenvalue weighted by Gasteiger charge is 2.02. The summed E-state index contributed by atoms with van der Waals surface area (Å²) in [5.41, 5.74) is 10.9. The molecule has 0 aliphatic rings. The molecule has 94 valence electrons. The maximum absolute atomic E-state index is 5.85. The van der Waals surface area contributed by atoms with Gasteiger partial charge in [-0.2, -0.15) is 0 Å². The van der Waals surface area contributed by atoms with Crippen LogP contribution in [0.1, 0.15) is 11.1 Å². The first kappa shape index (κ1) is 12.5. The summed E-state index contributed by atoms with van der Waals surface area (Å²) in [5, 5.41) is 3.38. The Hall–Kier alpha value is -2.00. The van der Waals surface area contributed by atoms with Crippen LogP contribution in [0.5, 0.6) is 0 Å². The second-order valence-electron chi connectivity index (χ2n) is 4.35. The van der Waals surface area contributed by atoms with E-state index in [0.29, 0.717) is 6.61 Å². The van der Waals surface area contributed by atoms with Crippen molar-refractivity contribution < 1.29 is 4.74 Å². The molecule has 0 aliphatic carbocycles. The first-order valence-corrected chi connectivity index (χ1v) is 5.90. The second kappa shape index (κ2) is 5.56. The summed E-state index contributed by atoms with van der Waals surface area (Å²) in [6, 6.07) is 14.0. The molecule has 0 aromatic heterocycles. The average molecular weight is 242 g/mol. The predicted molar refractivity (Wildman–Crippen MR) is 76.0 cm³/mol. The van der Waals surface area contributed by atoms with Gasteiger partial charge < -0.3 is 15.8 Å². The second-order valence-corrected chi connectivity index (χ2v) is 4.35. The minimum atomic E-state index is 0.588. The fraction of sp³-hybridized carbons (Fsp3) is 0.200. The quantitative estimate of drug-likeness (QED) is 0.807. The molecule has 18 heavy (non-hydrogen) atoms. The Morgan fingerprint density at radius 1 is 1.17 bits per heavy atom. The molecule has 0 saturated heterocycles. The molecule has 2 aromatic rings. The van der Waals surface area contributed by atoms with Crippen molar-refractivity contribution in [1.82, 2.24) is 0 Å². The number of aryl methyl sites for hydroxylation is 1. The Bertz CT molecular complexity index is 518. The van der Waals surface area contributed by atoms with Gasteiger partial charge in [-0.15, -0.1) is 0 Å². The van der Waals surface area contributed by atoms with Crippen molar-refractivity contribution in [1.29, 1.82) is 0 Å². The molecular formula is C15H18N2O. The van der Waals surface area contributed by atoms with E-state index in [1.165, 1.54) is 0 Å². The highest BCUT2D eigenvalue weighted by atomic mass is 16.5. The molecule has 0 spiro atoms. The number of ether oxygens (including phenoxy) is 1. The zero-order valence-corrected chi connectivity index (χ0v) is 10.7. The number of nitrogens with two attached hydrogens (primary N) is 1. The minimum Gasteiger partial charge on any atom is -0.399 e. The Balaban J connectivity index is 2.27. The van der Waals surface area contributed by atoms with E-state index >= 15 is 0 Å². The summed E-state index contributed by atoms with van der Waals surface area (Å²) in [6.07, 6.45) is 0. The number of benzene rings is 2. The number of nitrogens with one attached hydrogen (secondary N) is 1. The molecule has 0 saturated carbocycles. The third kappa shape index (κ3) is 3.02. The van der Waals surface area contributed by atoms with E-state index < -0.39 is 0 Å². The van der Waals surface area contributed by atoms with Gasteiger partial charge in [-0.05, 0) is 36.8 Å². The number of anilines is 3. The topological polar surface area (TPSA) is 47.3 Å². The van der Waals surface area contributed by atoms with Crippen molar-refractivity contribution in [3.63, 3.8) is 0 Å². The van der Waals surface area contributed by atoms with Crippen molar-refractivity contribution in [2.45, 2.75) is 13.5 Å². The zero-order valence-electron chi connectivity index (χ0n) is 10.7. The summed E-state index contributed by atoms with van der Waals surface area (Å²) in [4.78, 5) is 0. The van der Waals surface area contributed by atoms with Crippen LogP contribution in [0.2, 0.25) is 0 Å². The molecule has 0 bridgehead atoms. The number of methoxy groups -OCH3 is 1. The van der Waals surface area contributed by atoms with Crippen LogP contribution in [0.25, 0.3) is 0 Å². The highest BCUT2D eigenvalue weighted by Crippen LogP contribution is 2.24. The number of nitrogen functional groups attached to an aromatic ring is 1. The van der Waals surface area contributed by atoms with Gasteiger partial charge in [0.25, 0.3) is 0 Å². The number of hydrogen-bond donors (Lipinski definition) is 2. The Morgan fingerprint density at radius 2 is 1.94 bits per heavy atom. The van der Waals surface area contributed by atoms with Gasteiger partial charge in [0.2, 0.25) is 0 Å². The molecular weight excluding hydrogens is 224 g/mol. The maximum Gasteiger partial charge on any atom is 0.0733 e. The first-order valence-electron chi connectivity index (χ1n) is 5.90. The van der Waals surface area contributed by atoms with Crippen LogP contribution >= 0.6 is 0 Å². The van der Waals surface area contributed by atoms with Crippen LogP contribution in [-0.4, -0.2) is 7.11 Å². The van der Waals surface area contributed by atoms with Gasteiger partial charge in [0.1, 0.15) is 0 Å². The van der Waals surface area contributed by atoms with Gasteiger partial charge in [0, 0.05) is 29.7 Å². The molecule has 0 amide bonds. The van der Waals surface area contributed by atoms with Crippen LogP contribution in [0, 0.1) is 6.92 Å². The third-order valence-corrected chi connectivity index (χ3v) is 2.70. The molecule has 0 fully saturated rings. The van der Waals surface area contributed by atoms with E-state index in [-0.39, 0.29) is 0 Å². The Kier molecular flexibility index (Phi) is 3.85. The molecule has 0 radical (unpaired) electrons. The fourth-order valence-electron chi connectivity index (χ4n) is 1.96. The Morgan fingerprint density at radius 3 is 2.67 bits per heavy atom. The number of rotatable bonds is 4. The van der Waals surface area contributed by atoms with E-state index in [4.69, 9.17) is 10.5 Å². The van der Waals surface area contributed by atoms with Crippen LogP contribution in [-0.2, 0) is 11.3 Å². The molecule has 3 heteroatoms. The van der Waals surface area contributed by atoms with Crippen LogP contribution in [0.3, 0.4) is 0 Å². The van der Waals surface area contributed by atoms with Crippen LogP contribution in [0.4, 0.5) is 17.1 Å². The van der Waals surface area contributed by atoms with Crippen molar-refractivity contribution in [3.05, 3.63) is 53.6 Å². The highest BCUT2D eigenvalue weighted by molar-refractivity contribution is 5.67. The van der Waals surface area contributed by atoms with Crippen molar-refractivity contribution >= 4 is 17.1 Å². The smallest absolute Gasteiger partial charge is 0.0733 e. The largest absolute Gasteiger partial charge is 0.399 e. The van der Waals surface area contributed by atoms with Gasteiger partial charge in [0.15, 0.2) is 0 Å². The number of hydrogen-bond acceptors (Lipinski definition) is 3. The van der Waals surface area contributed by atoms with Gasteiger partial charge in [-0.25, -0.2) is 0 Å². The van der Waals surface area contributed by atoms with Gasteiger partial charge in [0.05, 0.1) is 6.61 Å². The van der Waals surface area contributed by atoms with Crippen molar-refractivity contribution in [2.75, 3.05) is 18.2 Å². The van der Waals surface area contributed by atoms with Gasteiger partial charge >= 0.3 is 0 Å². The lowest BCUT2D eigenvalue weighted by atomic mass is 10.1. The molecule has 0 heterocycles. The monoisotopic (exact) mass is 242 g/mol. The predicted octanol–water partition coefficient (Wildman–Crippen LogP) is 3.47. The van der Waals surface area contributed by atoms with Crippen LogP contribution < -0.4 is 11.1 Å². The number of para-hydroxylation sites is 1. The molecule has 2 aromatic carbocycles. The van der Waals surface area contributed by atoms with Crippen molar-refractivity contribution in [2.24, 2.45) is 0 Å². The first-order chi connectivity index (χ1) is 8.69. The van der Waals surface area contributed by atoms with E-state index in [0.717, 1.165) is 28.2 Å². The molecule has 0 aliphatic heterocycles. The Labute approximate surface area is 108 Å². The lowest BCUT2D eigenvalue weighted by Gasteiger charge is -2.12. The average Bonchev–Trinajstić information content (AvgIpc) is 2.30. The SMILES string of the molecule is COCc1ccccc1Nc1cc(C)cc(N)c1. The van der Waals surface area contributed by atoms with E-state index in [2.05, 4.69) is 11.4 Å². The minimum absolute atomic E-state index is 0.588. The lowest BCUT2D eigenvalue weighted by molar-refractivity contribution is 0.185. The zero-order chi connectivity index (χ0) is 13.0. The summed E-state index contributed by atoms with van der Waals surface area (Å²) in [7, 11) is 1.70. The van der Waals surface area contributed by atoms with Gasteiger partial charge in [-0.1, -0.05) is 18.2 Å². The molecule has 3 nitrogen and oxygen atoms in total. The lowest BCUT2D eigenvalue weighted by Crippen LogP contribution is -1.98. The summed E-state index contributed by atoms with van der Waals surface area (Å²) >= 11 is 0. The van der Waals surface area contributed by atoms with E-state index in [9.17, 15) is 0 Å².